The van der Waals surface area contributed by atoms with Crippen LogP contribution in [0.1, 0.15) is 62.1 Å². The molecule has 0 aliphatic heterocycles. The summed E-state index contributed by atoms with van der Waals surface area (Å²) in [6.07, 6.45) is 6.60. The molecule has 2 N–H and O–H groups in total. The van der Waals surface area contributed by atoms with Crippen LogP contribution >= 0.6 is 0 Å². The van der Waals surface area contributed by atoms with Crippen molar-refractivity contribution >= 4 is 11.8 Å². The van der Waals surface area contributed by atoms with Gasteiger partial charge >= 0.3 is 5.97 Å². The number of esters is 1. The van der Waals surface area contributed by atoms with Gasteiger partial charge in [-0.3, -0.25) is 0 Å². The Hall–Kier alpha value is -1.69. The van der Waals surface area contributed by atoms with Crippen molar-refractivity contribution in [1.29, 1.82) is 0 Å². The number of anilines is 1. The van der Waals surface area contributed by atoms with Crippen molar-refractivity contribution in [3.8, 4) is 0 Å². The molecule has 0 atom stereocenters. The SMILES string of the molecule is CCOC(=O)c1cnc(C2(OCC)CCCCC2)nc1N. The minimum atomic E-state index is -0.490. The number of carbonyl (C=O) groups excluding carboxylic acids is 1. The predicted molar refractivity (Wildman–Crippen MR) is 78.8 cm³/mol. The number of aromatic nitrogens is 2. The van der Waals surface area contributed by atoms with Crippen molar-refractivity contribution in [2.45, 2.75) is 51.6 Å². The molecule has 1 saturated carbocycles. The fraction of sp³-hybridized carbons (Fsp3) is 0.667. The van der Waals surface area contributed by atoms with Gasteiger partial charge in [0.05, 0.1) is 6.61 Å². The van der Waals surface area contributed by atoms with Crippen LogP contribution in [0.25, 0.3) is 0 Å². The number of rotatable bonds is 5. The molecule has 6 nitrogen and oxygen atoms in total. The summed E-state index contributed by atoms with van der Waals surface area (Å²) in [5.41, 5.74) is 5.65. The molecular formula is C15H23N3O3. The van der Waals surface area contributed by atoms with Gasteiger partial charge in [0.15, 0.2) is 5.82 Å². The summed E-state index contributed by atoms with van der Waals surface area (Å²) in [7, 11) is 0. The lowest BCUT2D eigenvalue weighted by Gasteiger charge is -2.35. The molecule has 1 aliphatic carbocycles. The third kappa shape index (κ3) is 3.32. The first kappa shape index (κ1) is 15.7. The molecule has 1 heterocycles. The summed E-state index contributed by atoms with van der Waals surface area (Å²) in [5.74, 6) is 0.244. The normalized spacial score (nSPS) is 17.4. The van der Waals surface area contributed by atoms with Crippen LogP contribution in [0, 0.1) is 0 Å². The van der Waals surface area contributed by atoms with E-state index in [-0.39, 0.29) is 11.4 Å². The maximum atomic E-state index is 11.7. The van der Waals surface area contributed by atoms with E-state index in [2.05, 4.69) is 9.97 Å². The second-order valence-corrected chi connectivity index (χ2v) is 5.20. The van der Waals surface area contributed by atoms with Crippen molar-refractivity contribution < 1.29 is 14.3 Å². The molecule has 1 fully saturated rings. The Bertz CT molecular complexity index is 493. The fourth-order valence-corrected chi connectivity index (χ4v) is 2.81. The van der Waals surface area contributed by atoms with E-state index < -0.39 is 11.6 Å². The Kier molecular flexibility index (Phi) is 5.12. The Morgan fingerprint density at radius 3 is 2.57 bits per heavy atom. The first-order valence-electron chi connectivity index (χ1n) is 7.57. The lowest BCUT2D eigenvalue weighted by atomic mass is 9.83. The number of nitrogens with zero attached hydrogens (tertiary/aromatic N) is 2. The maximum Gasteiger partial charge on any atom is 0.343 e. The zero-order valence-corrected chi connectivity index (χ0v) is 12.7. The van der Waals surface area contributed by atoms with Gasteiger partial charge in [-0.1, -0.05) is 19.3 Å². The van der Waals surface area contributed by atoms with Crippen LogP contribution in [0.5, 0.6) is 0 Å². The monoisotopic (exact) mass is 293 g/mol. The third-order valence-corrected chi connectivity index (χ3v) is 3.80. The lowest BCUT2D eigenvalue weighted by molar-refractivity contribution is -0.0766. The highest BCUT2D eigenvalue weighted by Crippen LogP contribution is 2.39. The Morgan fingerprint density at radius 2 is 2.00 bits per heavy atom. The Labute approximate surface area is 125 Å². The molecular weight excluding hydrogens is 270 g/mol. The van der Waals surface area contributed by atoms with Gasteiger partial charge in [0.2, 0.25) is 0 Å². The maximum absolute atomic E-state index is 11.7. The molecule has 0 spiro atoms. The molecule has 0 amide bonds. The molecule has 0 radical (unpaired) electrons. The molecule has 1 aromatic heterocycles. The van der Waals surface area contributed by atoms with Crippen LogP contribution in [0.2, 0.25) is 0 Å². The van der Waals surface area contributed by atoms with Gasteiger partial charge in [-0.2, -0.15) is 0 Å². The van der Waals surface area contributed by atoms with E-state index >= 15 is 0 Å². The van der Waals surface area contributed by atoms with E-state index in [1.807, 2.05) is 6.92 Å². The molecule has 1 aliphatic rings. The van der Waals surface area contributed by atoms with Gasteiger partial charge in [-0.05, 0) is 26.7 Å². The molecule has 1 aromatic rings. The van der Waals surface area contributed by atoms with Crippen molar-refractivity contribution in [3.63, 3.8) is 0 Å². The molecule has 0 saturated heterocycles. The molecule has 0 bridgehead atoms. The van der Waals surface area contributed by atoms with E-state index in [4.69, 9.17) is 15.2 Å². The largest absolute Gasteiger partial charge is 0.462 e. The van der Waals surface area contributed by atoms with E-state index in [9.17, 15) is 4.79 Å². The quantitative estimate of drug-likeness (QED) is 0.839. The third-order valence-electron chi connectivity index (χ3n) is 3.80. The summed E-state index contributed by atoms with van der Waals surface area (Å²) in [6.45, 7) is 4.61. The standard InChI is InChI=1S/C15H23N3O3/c1-3-20-13(19)11-10-17-14(18-12(11)16)15(21-4-2)8-6-5-7-9-15/h10H,3-9H2,1-2H3,(H2,16,17,18). The van der Waals surface area contributed by atoms with E-state index in [1.165, 1.54) is 12.6 Å². The number of nitrogen functional groups attached to an aromatic ring is 1. The van der Waals surface area contributed by atoms with Gasteiger partial charge < -0.3 is 15.2 Å². The summed E-state index contributed by atoms with van der Waals surface area (Å²) < 4.78 is 10.9. The molecule has 0 aromatic carbocycles. The second kappa shape index (κ2) is 6.85. The van der Waals surface area contributed by atoms with Gasteiger partial charge in [0.25, 0.3) is 0 Å². The van der Waals surface area contributed by atoms with Crippen molar-refractivity contribution in [1.82, 2.24) is 9.97 Å². The van der Waals surface area contributed by atoms with Crippen LogP contribution < -0.4 is 5.73 Å². The highest BCUT2D eigenvalue weighted by molar-refractivity contribution is 5.93. The molecule has 116 valence electrons. The minimum absolute atomic E-state index is 0.156. The number of hydrogen-bond donors (Lipinski definition) is 1. The van der Waals surface area contributed by atoms with Crippen LogP contribution in [0.15, 0.2) is 6.20 Å². The predicted octanol–water partition coefficient (Wildman–Crippen LogP) is 2.43. The van der Waals surface area contributed by atoms with E-state index in [0.29, 0.717) is 19.0 Å². The fourth-order valence-electron chi connectivity index (χ4n) is 2.81. The average Bonchev–Trinajstić information content (AvgIpc) is 2.48. The Balaban J connectivity index is 2.30. The second-order valence-electron chi connectivity index (χ2n) is 5.20. The number of ether oxygens (including phenoxy) is 2. The first-order valence-corrected chi connectivity index (χ1v) is 7.57. The minimum Gasteiger partial charge on any atom is -0.462 e. The van der Waals surface area contributed by atoms with Crippen molar-refractivity contribution in [3.05, 3.63) is 17.6 Å². The van der Waals surface area contributed by atoms with E-state index in [0.717, 1.165) is 25.7 Å². The van der Waals surface area contributed by atoms with Gasteiger partial charge in [-0.15, -0.1) is 0 Å². The smallest absolute Gasteiger partial charge is 0.343 e. The highest BCUT2D eigenvalue weighted by atomic mass is 16.5. The molecule has 6 heteroatoms. The van der Waals surface area contributed by atoms with Crippen molar-refractivity contribution in [2.75, 3.05) is 18.9 Å². The molecule has 0 unspecified atom stereocenters. The summed E-state index contributed by atoms with van der Waals surface area (Å²) in [6, 6.07) is 0. The first-order chi connectivity index (χ1) is 10.1. The van der Waals surface area contributed by atoms with Crippen LogP contribution in [0.4, 0.5) is 5.82 Å². The number of hydrogen-bond acceptors (Lipinski definition) is 6. The summed E-state index contributed by atoms with van der Waals surface area (Å²) >= 11 is 0. The van der Waals surface area contributed by atoms with Crippen LogP contribution in [-0.2, 0) is 15.1 Å². The topological polar surface area (TPSA) is 87.3 Å². The molecule has 21 heavy (non-hydrogen) atoms. The number of nitrogens with two attached hydrogens (primary N) is 1. The van der Waals surface area contributed by atoms with Gasteiger partial charge in [0, 0.05) is 12.8 Å². The van der Waals surface area contributed by atoms with Gasteiger partial charge in [-0.25, -0.2) is 14.8 Å². The lowest BCUT2D eigenvalue weighted by Crippen LogP contribution is -2.35. The molecule has 2 rings (SSSR count). The zero-order chi connectivity index (χ0) is 15.3. The van der Waals surface area contributed by atoms with E-state index in [1.54, 1.807) is 6.92 Å². The summed E-state index contributed by atoms with van der Waals surface area (Å²) in [5, 5.41) is 0. The average molecular weight is 293 g/mol. The highest BCUT2D eigenvalue weighted by Gasteiger charge is 2.38. The van der Waals surface area contributed by atoms with Gasteiger partial charge in [0.1, 0.15) is 17.0 Å². The van der Waals surface area contributed by atoms with Crippen molar-refractivity contribution in [2.24, 2.45) is 0 Å². The zero-order valence-electron chi connectivity index (χ0n) is 12.7. The van der Waals surface area contributed by atoms with Crippen LogP contribution in [-0.4, -0.2) is 29.2 Å². The van der Waals surface area contributed by atoms with Crippen LogP contribution in [0.3, 0.4) is 0 Å². The number of carbonyl (C=O) groups is 1. The Morgan fingerprint density at radius 1 is 1.29 bits per heavy atom. The summed E-state index contributed by atoms with van der Waals surface area (Å²) in [4.78, 5) is 20.4.